The van der Waals surface area contributed by atoms with Crippen LogP contribution in [0.4, 0.5) is 10.1 Å². The molecule has 0 bridgehead atoms. The van der Waals surface area contributed by atoms with Crippen molar-refractivity contribution >= 4 is 5.69 Å². The lowest BCUT2D eigenvalue weighted by atomic mass is 9.66. The van der Waals surface area contributed by atoms with Gasteiger partial charge in [0.25, 0.3) is 0 Å². The van der Waals surface area contributed by atoms with Crippen LogP contribution in [0.5, 0.6) is 0 Å². The lowest BCUT2D eigenvalue weighted by Gasteiger charge is -2.45. The zero-order valence-corrected chi connectivity index (χ0v) is 12.2. The number of hydrogen-bond donors (Lipinski definition) is 1. The van der Waals surface area contributed by atoms with Gasteiger partial charge in [0.1, 0.15) is 5.82 Å². The van der Waals surface area contributed by atoms with E-state index in [0.717, 1.165) is 17.7 Å². The molecule has 1 atom stereocenters. The summed E-state index contributed by atoms with van der Waals surface area (Å²) in [5, 5.41) is 3.52. The molecular formula is C18H20FN. The van der Waals surface area contributed by atoms with E-state index in [1.807, 2.05) is 12.1 Å². The summed E-state index contributed by atoms with van der Waals surface area (Å²) < 4.78 is 13.7. The van der Waals surface area contributed by atoms with Crippen molar-refractivity contribution in [3.8, 4) is 0 Å². The Kier molecular flexibility index (Phi) is 2.86. The predicted molar refractivity (Wildman–Crippen MR) is 81.6 cm³/mol. The quantitative estimate of drug-likeness (QED) is 0.789. The van der Waals surface area contributed by atoms with Gasteiger partial charge in [-0.3, -0.25) is 0 Å². The molecule has 0 spiro atoms. The van der Waals surface area contributed by atoms with Crippen molar-refractivity contribution in [1.82, 2.24) is 0 Å². The fourth-order valence-corrected chi connectivity index (χ4v) is 3.53. The zero-order valence-electron chi connectivity index (χ0n) is 12.2. The third-order valence-electron chi connectivity index (χ3n) is 4.26. The normalized spacial score (nSPS) is 23.8. The van der Waals surface area contributed by atoms with Crippen molar-refractivity contribution in [3.63, 3.8) is 0 Å². The van der Waals surface area contributed by atoms with E-state index in [1.165, 1.54) is 11.6 Å². The molecule has 0 saturated carbocycles. The van der Waals surface area contributed by atoms with E-state index < -0.39 is 0 Å². The number of fused-ring (bicyclic) bond motifs is 1. The lowest BCUT2D eigenvalue weighted by Crippen LogP contribution is -2.45. The Morgan fingerprint density at radius 1 is 1.00 bits per heavy atom. The number of benzene rings is 2. The Hall–Kier alpha value is -1.83. The number of nitrogens with one attached hydrogen (secondary N) is 1. The van der Waals surface area contributed by atoms with E-state index >= 15 is 0 Å². The average Bonchev–Trinajstić information content (AvgIpc) is 2.40. The molecule has 0 aromatic heterocycles. The molecule has 1 nitrogen and oxygen atoms in total. The van der Waals surface area contributed by atoms with Crippen LogP contribution in [0.1, 0.15) is 38.3 Å². The second-order valence-electron chi connectivity index (χ2n) is 6.57. The summed E-state index contributed by atoms with van der Waals surface area (Å²) in [6.07, 6.45) is 0.931. The van der Waals surface area contributed by atoms with Crippen LogP contribution in [-0.4, -0.2) is 5.54 Å². The first kappa shape index (κ1) is 13.2. The first-order chi connectivity index (χ1) is 9.41. The van der Waals surface area contributed by atoms with Gasteiger partial charge >= 0.3 is 0 Å². The average molecular weight is 269 g/mol. The van der Waals surface area contributed by atoms with Crippen LogP contribution in [-0.2, 0) is 5.41 Å². The molecular weight excluding hydrogens is 249 g/mol. The highest BCUT2D eigenvalue weighted by atomic mass is 19.1. The molecule has 104 valence electrons. The van der Waals surface area contributed by atoms with Gasteiger partial charge in [-0.25, -0.2) is 4.39 Å². The Morgan fingerprint density at radius 3 is 2.40 bits per heavy atom. The highest BCUT2D eigenvalue weighted by Gasteiger charge is 2.41. The third-order valence-corrected chi connectivity index (χ3v) is 4.26. The van der Waals surface area contributed by atoms with E-state index in [-0.39, 0.29) is 16.8 Å². The molecule has 3 rings (SSSR count). The minimum atomic E-state index is -0.174. The number of anilines is 1. The van der Waals surface area contributed by atoms with Gasteiger partial charge in [-0.1, -0.05) is 37.3 Å². The number of halogens is 1. The van der Waals surface area contributed by atoms with Crippen LogP contribution in [0.15, 0.2) is 48.5 Å². The summed E-state index contributed by atoms with van der Waals surface area (Å²) in [5.74, 6) is -0.174. The van der Waals surface area contributed by atoms with E-state index in [2.05, 4.69) is 50.4 Å². The lowest BCUT2D eigenvalue weighted by molar-refractivity contribution is 0.376. The fraction of sp³-hybridized carbons (Fsp3) is 0.333. The second-order valence-corrected chi connectivity index (χ2v) is 6.57. The first-order valence-electron chi connectivity index (χ1n) is 7.04. The topological polar surface area (TPSA) is 12.0 Å². The molecule has 2 aromatic carbocycles. The summed E-state index contributed by atoms with van der Waals surface area (Å²) in [6.45, 7) is 6.60. The molecule has 1 heterocycles. The number of rotatable bonds is 1. The van der Waals surface area contributed by atoms with Crippen LogP contribution < -0.4 is 5.32 Å². The molecule has 0 saturated heterocycles. The monoisotopic (exact) mass is 269 g/mol. The molecule has 0 fully saturated rings. The molecule has 0 aliphatic carbocycles. The van der Waals surface area contributed by atoms with Crippen LogP contribution in [0.25, 0.3) is 0 Å². The van der Waals surface area contributed by atoms with E-state index in [1.54, 1.807) is 6.07 Å². The maximum atomic E-state index is 13.7. The van der Waals surface area contributed by atoms with Crippen molar-refractivity contribution < 1.29 is 4.39 Å². The maximum Gasteiger partial charge on any atom is 0.123 e. The molecule has 2 heteroatoms. The van der Waals surface area contributed by atoms with Crippen molar-refractivity contribution in [3.05, 3.63) is 65.5 Å². The van der Waals surface area contributed by atoms with Crippen LogP contribution in [0.2, 0.25) is 0 Å². The Balaban J connectivity index is 2.23. The van der Waals surface area contributed by atoms with Gasteiger partial charge in [0.05, 0.1) is 0 Å². The summed E-state index contributed by atoms with van der Waals surface area (Å²) in [7, 11) is 0. The zero-order chi connectivity index (χ0) is 14.4. The van der Waals surface area contributed by atoms with Gasteiger partial charge in [0, 0.05) is 16.6 Å². The Morgan fingerprint density at radius 2 is 1.70 bits per heavy atom. The first-order valence-corrected chi connectivity index (χ1v) is 7.04. The van der Waals surface area contributed by atoms with Crippen molar-refractivity contribution in [2.75, 3.05) is 5.32 Å². The Bertz CT molecular complexity index is 633. The molecule has 0 radical (unpaired) electrons. The number of hydrogen-bond acceptors (Lipinski definition) is 1. The second kappa shape index (κ2) is 4.34. The van der Waals surface area contributed by atoms with Crippen molar-refractivity contribution in [1.29, 1.82) is 0 Å². The van der Waals surface area contributed by atoms with Crippen LogP contribution in [0.3, 0.4) is 0 Å². The minimum absolute atomic E-state index is 0.0184. The van der Waals surface area contributed by atoms with Crippen LogP contribution in [0, 0.1) is 5.82 Å². The van der Waals surface area contributed by atoms with Gasteiger partial charge in [-0.2, -0.15) is 0 Å². The maximum absolute atomic E-state index is 13.7. The standard InChI is InChI=1S/C18H20FN/c1-17(2)12-18(3,13-7-5-4-6-8-13)15-11-14(19)9-10-16(15)20-17/h4-11,20H,12H2,1-3H3. The smallest absolute Gasteiger partial charge is 0.123 e. The minimum Gasteiger partial charge on any atom is -0.380 e. The Labute approximate surface area is 119 Å². The molecule has 1 aliphatic rings. The van der Waals surface area contributed by atoms with Gasteiger partial charge < -0.3 is 5.32 Å². The summed E-state index contributed by atoms with van der Waals surface area (Å²) in [6, 6.07) is 15.4. The largest absolute Gasteiger partial charge is 0.380 e. The summed E-state index contributed by atoms with van der Waals surface area (Å²) in [5.41, 5.74) is 3.13. The molecule has 0 amide bonds. The van der Waals surface area contributed by atoms with Gasteiger partial charge in [-0.15, -0.1) is 0 Å². The highest BCUT2D eigenvalue weighted by molar-refractivity contribution is 5.62. The van der Waals surface area contributed by atoms with E-state index in [4.69, 9.17) is 0 Å². The molecule has 20 heavy (non-hydrogen) atoms. The van der Waals surface area contributed by atoms with Gasteiger partial charge in [-0.05, 0) is 49.6 Å². The van der Waals surface area contributed by atoms with Crippen molar-refractivity contribution in [2.45, 2.75) is 38.1 Å². The summed E-state index contributed by atoms with van der Waals surface area (Å²) >= 11 is 0. The fourth-order valence-electron chi connectivity index (χ4n) is 3.53. The molecule has 1 N–H and O–H groups in total. The summed E-state index contributed by atoms with van der Waals surface area (Å²) in [4.78, 5) is 0. The highest BCUT2D eigenvalue weighted by Crippen LogP contribution is 2.47. The van der Waals surface area contributed by atoms with Gasteiger partial charge in [0.15, 0.2) is 0 Å². The molecule has 1 unspecified atom stereocenters. The van der Waals surface area contributed by atoms with Crippen molar-refractivity contribution in [2.24, 2.45) is 0 Å². The molecule has 2 aromatic rings. The van der Waals surface area contributed by atoms with Crippen LogP contribution >= 0.6 is 0 Å². The third kappa shape index (κ3) is 2.09. The van der Waals surface area contributed by atoms with E-state index in [0.29, 0.717) is 0 Å². The SMILES string of the molecule is CC1(C)CC(C)(c2ccccc2)c2cc(F)ccc2N1. The van der Waals surface area contributed by atoms with Gasteiger partial charge in [0.2, 0.25) is 0 Å². The molecule has 1 aliphatic heterocycles. The van der Waals surface area contributed by atoms with E-state index in [9.17, 15) is 4.39 Å². The predicted octanol–water partition coefficient (Wildman–Crippen LogP) is 4.73.